The van der Waals surface area contributed by atoms with Crippen molar-refractivity contribution in [3.05, 3.63) is 66.7 Å². The molecule has 7 heteroatoms. The maximum Gasteiger partial charge on any atom is 0.203 e. The number of benzene rings is 3. The highest BCUT2D eigenvalue weighted by Crippen LogP contribution is 2.39. The standard InChI is InChI=1S/C22H23N3O3S/c1-26-19-13-18(14-20(27-2)21(19)28-3)25-22(29)24-17-11-9-16(10-12-17)23-15-7-5-4-6-8-15/h4-14,23H,1-3H3,(H2,24,25,29). The van der Waals surface area contributed by atoms with Gasteiger partial charge in [0.2, 0.25) is 5.75 Å². The zero-order valence-electron chi connectivity index (χ0n) is 16.5. The van der Waals surface area contributed by atoms with E-state index in [1.165, 1.54) is 0 Å². The summed E-state index contributed by atoms with van der Waals surface area (Å²) < 4.78 is 16.1. The fourth-order valence-electron chi connectivity index (χ4n) is 2.77. The molecule has 3 N–H and O–H groups in total. The molecule has 29 heavy (non-hydrogen) atoms. The molecule has 0 radical (unpaired) electrons. The maximum atomic E-state index is 5.43. The summed E-state index contributed by atoms with van der Waals surface area (Å²) in [5.74, 6) is 1.63. The van der Waals surface area contributed by atoms with E-state index < -0.39 is 0 Å². The second-order valence-electron chi connectivity index (χ2n) is 6.06. The molecule has 3 aromatic carbocycles. The normalized spacial score (nSPS) is 10.0. The van der Waals surface area contributed by atoms with Gasteiger partial charge in [0, 0.05) is 34.9 Å². The van der Waals surface area contributed by atoms with Crippen LogP contribution in [-0.4, -0.2) is 26.4 Å². The number of ether oxygens (including phenoxy) is 3. The Morgan fingerprint density at radius 1 is 0.655 bits per heavy atom. The number of thiocarbonyl (C=S) groups is 1. The van der Waals surface area contributed by atoms with E-state index >= 15 is 0 Å². The zero-order valence-corrected chi connectivity index (χ0v) is 17.3. The molecule has 0 aromatic heterocycles. The van der Waals surface area contributed by atoms with E-state index in [0.717, 1.165) is 22.7 Å². The van der Waals surface area contributed by atoms with Gasteiger partial charge in [-0.3, -0.25) is 0 Å². The fraction of sp³-hybridized carbons (Fsp3) is 0.136. The highest BCUT2D eigenvalue weighted by molar-refractivity contribution is 7.80. The van der Waals surface area contributed by atoms with Crippen molar-refractivity contribution in [2.24, 2.45) is 0 Å². The molecule has 0 saturated carbocycles. The van der Waals surface area contributed by atoms with Crippen LogP contribution in [0.1, 0.15) is 0 Å². The summed E-state index contributed by atoms with van der Waals surface area (Å²) >= 11 is 5.43. The number of rotatable bonds is 7. The van der Waals surface area contributed by atoms with Gasteiger partial charge in [-0.2, -0.15) is 0 Å². The van der Waals surface area contributed by atoms with E-state index in [-0.39, 0.29) is 0 Å². The number of nitrogens with one attached hydrogen (secondary N) is 3. The molecule has 0 saturated heterocycles. The minimum absolute atomic E-state index is 0.447. The Morgan fingerprint density at radius 3 is 1.72 bits per heavy atom. The summed E-state index contributed by atoms with van der Waals surface area (Å²) in [6, 6.07) is 21.5. The Bertz CT molecular complexity index is 938. The Hall–Kier alpha value is -3.45. The van der Waals surface area contributed by atoms with Crippen LogP contribution in [0.15, 0.2) is 66.7 Å². The third kappa shape index (κ3) is 5.30. The molecule has 3 aromatic rings. The average Bonchev–Trinajstić information content (AvgIpc) is 2.75. The van der Waals surface area contributed by atoms with Gasteiger partial charge in [-0.05, 0) is 48.6 Å². The topological polar surface area (TPSA) is 63.8 Å². The van der Waals surface area contributed by atoms with Crippen molar-refractivity contribution in [3.8, 4) is 17.2 Å². The zero-order chi connectivity index (χ0) is 20.6. The van der Waals surface area contributed by atoms with E-state index in [0.29, 0.717) is 22.4 Å². The molecule has 0 bridgehead atoms. The van der Waals surface area contributed by atoms with Crippen molar-refractivity contribution in [2.75, 3.05) is 37.3 Å². The lowest BCUT2D eigenvalue weighted by Crippen LogP contribution is -2.19. The highest BCUT2D eigenvalue weighted by atomic mass is 32.1. The van der Waals surface area contributed by atoms with Gasteiger partial charge in [0.25, 0.3) is 0 Å². The quantitative estimate of drug-likeness (QED) is 0.460. The summed E-state index contributed by atoms with van der Waals surface area (Å²) in [7, 11) is 4.71. The lowest BCUT2D eigenvalue weighted by atomic mass is 10.2. The van der Waals surface area contributed by atoms with E-state index in [1.807, 2.05) is 54.6 Å². The average molecular weight is 410 g/mol. The summed E-state index contributed by atoms with van der Waals surface area (Å²) in [6.45, 7) is 0. The van der Waals surface area contributed by atoms with Gasteiger partial charge >= 0.3 is 0 Å². The van der Waals surface area contributed by atoms with Crippen LogP contribution in [0, 0.1) is 0 Å². The molecule has 0 amide bonds. The van der Waals surface area contributed by atoms with Crippen LogP contribution < -0.4 is 30.2 Å². The molecule has 0 fully saturated rings. The van der Waals surface area contributed by atoms with Crippen LogP contribution in [0.2, 0.25) is 0 Å². The number of hydrogen-bond acceptors (Lipinski definition) is 5. The summed E-state index contributed by atoms with van der Waals surface area (Å²) in [4.78, 5) is 0. The van der Waals surface area contributed by atoms with Crippen molar-refractivity contribution in [1.29, 1.82) is 0 Å². The Kier molecular flexibility index (Phi) is 6.76. The first-order valence-corrected chi connectivity index (χ1v) is 9.34. The smallest absolute Gasteiger partial charge is 0.203 e. The fourth-order valence-corrected chi connectivity index (χ4v) is 3.01. The number of anilines is 4. The van der Waals surface area contributed by atoms with E-state index in [9.17, 15) is 0 Å². The van der Waals surface area contributed by atoms with Gasteiger partial charge in [0.15, 0.2) is 16.6 Å². The van der Waals surface area contributed by atoms with Gasteiger partial charge in [0.1, 0.15) is 0 Å². The molecule has 0 heterocycles. The van der Waals surface area contributed by atoms with Crippen LogP contribution in [-0.2, 0) is 0 Å². The molecule has 0 spiro atoms. The van der Waals surface area contributed by atoms with Crippen molar-refractivity contribution in [3.63, 3.8) is 0 Å². The number of methoxy groups -OCH3 is 3. The van der Waals surface area contributed by atoms with Gasteiger partial charge in [0.05, 0.1) is 21.3 Å². The third-order valence-electron chi connectivity index (χ3n) is 4.13. The largest absolute Gasteiger partial charge is 0.493 e. The summed E-state index contributed by atoms with van der Waals surface area (Å²) in [6.07, 6.45) is 0. The monoisotopic (exact) mass is 409 g/mol. The maximum absolute atomic E-state index is 5.43. The third-order valence-corrected chi connectivity index (χ3v) is 4.33. The van der Waals surface area contributed by atoms with Crippen molar-refractivity contribution < 1.29 is 14.2 Å². The van der Waals surface area contributed by atoms with E-state index in [4.69, 9.17) is 26.4 Å². The molecular weight excluding hydrogens is 386 g/mol. The van der Waals surface area contributed by atoms with Crippen LogP contribution in [0.4, 0.5) is 22.7 Å². The van der Waals surface area contributed by atoms with Crippen molar-refractivity contribution in [1.82, 2.24) is 0 Å². The second-order valence-corrected chi connectivity index (χ2v) is 6.47. The van der Waals surface area contributed by atoms with Gasteiger partial charge in [-0.1, -0.05) is 18.2 Å². The molecule has 3 rings (SSSR count). The first-order valence-electron chi connectivity index (χ1n) is 8.93. The minimum Gasteiger partial charge on any atom is -0.493 e. The van der Waals surface area contributed by atoms with Crippen LogP contribution >= 0.6 is 12.2 Å². The number of para-hydroxylation sites is 1. The highest BCUT2D eigenvalue weighted by Gasteiger charge is 2.13. The van der Waals surface area contributed by atoms with Crippen molar-refractivity contribution >= 4 is 40.1 Å². The Balaban J connectivity index is 1.65. The molecule has 0 aliphatic carbocycles. The second kappa shape index (κ2) is 9.66. The van der Waals surface area contributed by atoms with Crippen LogP contribution in [0.3, 0.4) is 0 Å². The first-order chi connectivity index (χ1) is 14.1. The molecule has 6 nitrogen and oxygen atoms in total. The van der Waals surface area contributed by atoms with Crippen molar-refractivity contribution in [2.45, 2.75) is 0 Å². The molecule has 0 aliphatic heterocycles. The van der Waals surface area contributed by atoms with E-state index in [2.05, 4.69) is 16.0 Å². The van der Waals surface area contributed by atoms with E-state index in [1.54, 1.807) is 33.5 Å². The predicted octanol–water partition coefficient (Wildman–Crippen LogP) is 5.26. The summed E-state index contributed by atoms with van der Waals surface area (Å²) in [5.41, 5.74) is 3.62. The summed E-state index contributed by atoms with van der Waals surface area (Å²) in [5, 5.41) is 10.1. The van der Waals surface area contributed by atoms with Crippen LogP contribution in [0.25, 0.3) is 0 Å². The van der Waals surface area contributed by atoms with Gasteiger partial charge < -0.3 is 30.2 Å². The Morgan fingerprint density at radius 2 is 1.17 bits per heavy atom. The van der Waals surface area contributed by atoms with Crippen LogP contribution in [0.5, 0.6) is 17.2 Å². The SMILES string of the molecule is COc1cc(NC(=S)Nc2ccc(Nc3ccccc3)cc2)cc(OC)c1OC. The van der Waals surface area contributed by atoms with Gasteiger partial charge in [-0.15, -0.1) is 0 Å². The number of hydrogen-bond donors (Lipinski definition) is 3. The Labute approximate surface area is 175 Å². The molecule has 0 aliphatic rings. The lowest BCUT2D eigenvalue weighted by Gasteiger charge is -2.16. The minimum atomic E-state index is 0.447. The van der Waals surface area contributed by atoms with Gasteiger partial charge in [-0.25, -0.2) is 0 Å². The molecule has 150 valence electrons. The molecule has 0 atom stereocenters. The predicted molar refractivity (Wildman–Crippen MR) is 122 cm³/mol. The molecule has 0 unspecified atom stereocenters. The lowest BCUT2D eigenvalue weighted by molar-refractivity contribution is 0.324. The first kappa shape index (κ1) is 20.3. The molecular formula is C22H23N3O3S.